The number of amides is 1. The second-order valence-corrected chi connectivity index (χ2v) is 4.35. The van der Waals surface area contributed by atoms with Crippen molar-refractivity contribution in [3.63, 3.8) is 0 Å². The summed E-state index contributed by atoms with van der Waals surface area (Å²) in [5.74, 6) is -1.05. The van der Waals surface area contributed by atoms with Gasteiger partial charge in [0, 0.05) is 18.1 Å². The molecule has 1 aromatic heterocycles. The van der Waals surface area contributed by atoms with Gasteiger partial charge in [-0.05, 0) is 35.4 Å². The van der Waals surface area contributed by atoms with Gasteiger partial charge in [0.1, 0.15) is 0 Å². The van der Waals surface area contributed by atoms with Gasteiger partial charge in [0.05, 0.1) is 12.8 Å². The van der Waals surface area contributed by atoms with E-state index in [1.807, 2.05) is 0 Å². The molecular formula is C15H14N2O3. The van der Waals surface area contributed by atoms with Gasteiger partial charge >= 0.3 is 5.97 Å². The smallest absolute Gasteiger partial charge is 0.307 e. The molecule has 5 nitrogen and oxygen atoms in total. The molecule has 1 amide bonds. The summed E-state index contributed by atoms with van der Waals surface area (Å²) in [6.45, 7) is 0. The molecule has 1 heterocycles. The average Bonchev–Trinajstić information content (AvgIpc) is 2.39. The fourth-order valence-electron chi connectivity index (χ4n) is 1.82. The molecule has 0 unspecified atom stereocenters. The van der Waals surface area contributed by atoms with Crippen LogP contribution in [0.1, 0.15) is 11.1 Å². The second kappa shape index (κ2) is 6.47. The maximum Gasteiger partial charge on any atom is 0.307 e. The van der Waals surface area contributed by atoms with Crippen LogP contribution in [0.3, 0.4) is 0 Å². The molecule has 0 spiro atoms. The summed E-state index contributed by atoms with van der Waals surface area (Å²) in [5.41, 5.74) is 2.13. The maximum absolute atomic E-state index is 11.9. The molecule has 102 valence electrons. The summed E-state index contributed by atoms with van der Waals surface area (Å²) >= 11 is 0. The number of carboxylic acid groups (broad SMARTS) is 1. The quantitative estimate of drug-likeness (QED) is 0.869. The van der Waals surface area contributed by atoms with Crippen LogP contribution in [0.4, 0.5) is 5.69 Å². The van der Waals surface area contributed by atoms with Gasteiger partial charge in [-0.25, -0.2) is 0 Å². The van der Waals surface area contributed by atoms with E-state index in [9.17, 15) is 9.59 Å². The first-order valence-corrected chi connectivity index (χ1v) is 6.13. The van der Waals surface area contributed by atoms with Gasteiger partial charge in [-0.1, -0.05) is 12.1 Å². The molecule has 0 aliphatic heterocycles. The molecule has 0 saturated heterocycles. The number of anilines is 1. The van der Waals surface area contributed by atoms with Crippen molar-refractivity contribution >= 4 is 17.6 Å². The summed E-state index contributed by atoms with van der Waals surface area (Å²) in [6, 6.07) is 10.4. The third-order valence-corrected chi connectivity index (χ3v) is 2.68. The van der Waals surface area contributed by atoms with E-state index in [0.717, 1.165) is 5.56 Å². The monoisotopic (exact) mass is 270 g/mol. The lowest BCUT2D eigenvalue weighted by Gasteiger charge is -2.06. The highest BCUT2D eigenvalue weighted by molar-refractivity contribution is 5.92. The molecule has 0 radical (unpaired) electrons. The van der Waals surface area contributed by atoms with Crippen molar-refractivity contribution in [3.05, 3.63) is 59.9 Å². The van der Waals surface area contributed by atoms with E-state index in [2.05, 4.69) is 10.3 Å². The Morgan fingerprint density at radius 1 is 1.05 bits per heavy atom. The van der Waals surface area contributed by atoms with Crippen LogP contribution in [0.25, 0.3) is 0 Å². The number of nitrogens with one attached hydrogen (secondary N) is 1. The highest BCUT2D eigenvalue weighted by Crippen LogP contribution is 2.12. The number of benzene rings is 1. The molecular weight excluding hydrogens is 256 g/mol. The predicted molar refractivity (Wildman–Crippen MR) is 74.4 cm³/mol. The molecule has 0 saturated carbocycles. The number of carbonyl (C=O) groups excluding carboxylic acids is 1. The minimum absolute atomic E-state index is 0.0614. The van der Waals surface area contributed by atoms with Crippen LogP contribution in [0, 0.1) is 0 Å². The summed E-state index contributed by atoms with van der Waals surface area (Å²) in [6.07, 6.45) is 3.46. The highest BCUT2D eigenvalue weighted by Gasteiger charge is 2.06. The van der Waals surface area contributed by atoms with E-state index in [4.69, 9.17) is 5.11 Å². The number of pyridine rings is 1. The Hall–Kier alpha value is -2.69. The van der Waals surface area contributed by atoms with Crippen LogP contribution < -0.4 is 5.32 Å². The van der Waals surface area contributed by atoms with E-state index in [1.54, 1.807) is 48.8 Å². The number of rotatable bonds is 5. The molecule has 0 bridgehead atoms. The van der Waals surface area contributed by atoms with Crippen molar-refractivity contribution < 1.29 is 14.7 Å². The van der Waals surface area contributed by atoms with Crippen molar-refractivity contribution in [2.45, 2.75) is 12.8 Å². The largest absolute Gasteiger partial charge is 0.481 e. The normalized spacial score (nSPS) is 10.0. The summed E-state index contributed by atoms with van der Waals surface area (Å²) < 4.78 is 0. The first-order valence-electron chi connectivity index (χ1n) is 6.13. The molecule has 20 heavy (non-hydrogen) atoms. The Kier molecular flexibility index (Phi) is 4.44. The number of nitrogens with zero attached hydrogens (tertiary/aromatic N) is 1. The zero-order chi connectivity index (χ0) is 14.4. The first kappa shape index (κ1) is 13.7. The van der Waals surface area contributed by atoms with E-state index in [0.29, 0.717) is 11.3 Å². The number of aliphatic carboxylic acids is 1. The van der Waals surface area contributed by atoms with E-state index < -0.39 is 5.97 Å². The van der Waals surface area contributed by atoms with Crippen LogP contribution in [-0.2, 0) is 22.4 Å². The molecule has 0 aliphatic carbocycles. The third kappa shape index (κ3) is 4.20. The van der Waals surface area contributed by atoms with Crippen molar-refractivity contribution in [2.24, 2.45) is 0 Å². The van der Waals surface area contributed by atoms with Gasteiger partial charge in [0.15, 0.2) is 0 Å². The molecule has 0 fully saturated rings. The maximum atomic E-state index is 11.9. The molecule has 1 aromatic carbocycles. The van der Waals surface area contributed by atoms with Gasteiger partial charge in [-0.2, -0.15) is 0 Å². The lowest BCUT2D eigenvalue weighted by atomic mass is 10.1. The summed E-state index contributed by atoms with van der Waals surface area (Å²) in [7, 11) is 0. The number of hydrogen-bond donors (Lipinski definition) is 2. The number of aromatic nitrogens is 1. The molecule has 2 aromatic rings. The topological polar surface area (TPSA) is 79.3 Å². The Balaban J connectivity index is 1.99. The van der Waals surface area contributed by atoms with Gasteiger partial charge in [0.2, 0.25) is 5.91 Å². The fraction of sp³-hybridized carbons (Fsp3) is 0.133. The Bertz CT molecular complexity index is 612. The molecule has 5 heteroatoms. The predicted octanol–water partition coefficient (Wildman–Crippen LogP) is 1.89. The van der Waals surface area contributed by atoms with E-state index >= 15 is 0 Å². The van der Waals surface area contributed by atoms with Gasteiger partial charge < -0.3 is 10.4 Å². The Morgan fingerprint density at radius 2 is 1.80 bits per heavy atom. The second-order valence-electron chi connectivity index (χ2n) is 4.35. The van der Waals surface area contributed by atoms with Crippen molar-refractivity contribution in [3.8, 4) is 0 Å². The SMILES string of the molecule is O=C(O)Cc1cccc(NC(=O)Cc2ccncc2)c1. The third-order valence-electron chi connectivity index (χ3n) is 2.68. The van der Waals surface area contributed by atoms with Crippen molar-refractivity contribution in [1.82, 2.24) is 4.98 Å². The molecule has 0 aliphatic rings. The van der Waals surface area contributed by atoms with Gasteiger partial charge in [0.25, 0.3) is 0 Å². The van der Waals surface area contributed by atoms with E-state index in [-0.39, 0.29) is 18.7 Å². The van der Waals surface area contributed by atoms with Crippen LogP contribution in [0.15, 0.2) is 48.8 Å². The lowest BCUT2D eigenvalue weighted by molar-refractivity contribution is -0.136. The molecule has 0 atom stereocenters. The molecule has 2 rings (SSSR count). The van der Waals surface area contributed by atoms with Crippen molar-refractivity contribution in [1.29, 1.82) is 0 Å². The fourth-order valence-corrected chi connectivity index (χ4v) is 1.82. The first-order chi connectivity index (χ1) is 9.63. The Morgan fingerprint density at radius 3 is 2.50 bits per heavy atom. The standard InChI is InChI=1S/C15H14N2O3/c18-14(9-11-4-6-16-7-5-11)17-13-3-1-2-12(8-13)10-15(19)20/h1-8H,9-10H2,(H,17,18)(H,19,20). The number of hydrogen-bond acceptors (Lipinski definition) is 3. The minimum atomic E-state index is -0.898. The van der Waals surface area contributed by atoms with Crippen LogP contribution in [-0.4, -0.2) is 22.0 Å². The van der Waals surface area contributed by atoms with Gasteiger partial charge in [-0.15, -0.1) is 0 Å². The zero-order valence-electron chi connectivity index (χ0n) is 10.7. The van der Waals surface area contributed by atoms with Crippen LogP contribution >= 0.6 is 0 Å². The highest BCUT2D eigenvalue weighted by atomic mass is 16.4. The molecule has 2 N–H and O–H groups in total. The van der Waals surface area contributed by atoms with Gasteiger partial charge in [-0.3, -0.25) is 14.6 Å². The van der Waals surface area contributed by atoms with Crippen molar-refractivity contribution in [2.75, 3.05) is 5.32 Å². The zero-order valence-corrected chi connectivity index (χ0v) is 10.7. The van der Waals surface area contributed by atoms with Crippen LogP contribution in [0.2, 0.25) is 0 Å². The lowest BCUT2D eigenvalue weighted by Crippen LogP contribution is -2.14. The average molecular weight is 270 g/mol. The summed E-state index contributed by atoms with van der Waals surface area (Å²) in [4.78, 5) is 26.4. The van der Waals surface area contributed by atoms with E-state index in [1.165, 1.54) is 0 Å². The Labute approximate surface area is 116 Å². The number of carbonyl (C=O) groups is 2. The summed E-state index contributed by atoms with van der Waals surface area (Å²) in [5, 5.41) is 11.5. The number of carboxylic acids is 1. The minimum Gasteiger partial charge on any atom is -0.481 e. The van der Waals surface area contributed by atoms with Crippen LogP contribution in [0.5, 0.6) is 0 Å².